The minimum Gasteiger partial charge on any atom is -0.353 e. The molecule has 4 nitrogen and oxygen atoms in total. The van der Waals surface area contributed by atoms with Crippen molar-refractivity contribution in [3.63, 3.8) is 0 Å². The predicted octanol–water partition coefficient (Wildman–Crippen LogP) is 3.94. The smallest absolute Gasteiger partial charge is 0.155 e. The first kappa shape index (κ1) is 13.6. The summed E-state index contributed by atoms with van der Waals surface area (Å²) in [6, 6.07) is 8.08. The molecule has 1 aliphatic rings. The maximum Gasteiger partial charge on any atom is 0.155 e. The van der Waals surface area contributed by atoms with Crippen LogP contribution in [-0.2, 0) is 4.74 Å². The van der Waals surface area contributed by atoms with Crippen molar-refractivity contribution in [1.82, 2.24) is 15.0 Å². The van der Waals surface area contributed by atoms with Crippen molar-refractivity contribution in [3.8, 4) is 0 Å². The lowest BCUT2D eigenvalue weighted by Crippen LogP contribution is -2.27. The molecule has 0 N–H and O–H groups in total. The lowest BCUT2D eigenvalue weighted by atomic mass is 9.97. The van der Waals surface area contributed by atoms with Gasteiger partial charge in [-0.25, -0.2) is 4.68 Å². The van der Waals surface area contributed by atoms with Crippen LogP contribution in [0.5, 0.6) is 0 Å². The maximum absolute atomic E-state index is 6.37. The summed E-state index contributed by atoms with van der Waals surface area (Å²) >= 11 is 0. The van der Waals surface area contributed by atoms with E-state index >= 15 is 0 Å². The van der Waals surface area contributed by atoms with Crippen molar-refractivity contribution in [2.45, 2.75) is 58.3 Å². The molecule has 2 aromatic rings. The molecule has 20 heavy (non-hydrogen) atoms. The third kappa shape index (κ3) is 2.70. The van der Waals surface area contributed by atoms with Gasteiger partial charge in [0.15, 0.2) is 6.23 Å². The summed E-state index contributed by atoms with van der Waals surface area (Å²) in [6.45, 7) is 4.37. The van der Waals surface area contributed by atoms with Crippen LogP contribution < -0.4 is 0 Å². The number of rotatable bonds is 4. The van der Waals surface area contributed by atoms with E-state index in [0.717, 1.165) is 11.0 Å². The van der Waals surface area contributed by atoms with E-state index in [1.54, 1.807) is 0 Å². The summed E-state index contributed by atoms with van der Waals surface area (Å²) in [5.74, 6) is 0.377. The van der Waals surface area contributed by atoms with E-state index < -0.39 is 0 Å². The zero-order valence-electron chi connectivity index (χ0n) is 12.3. The van der Waals surface area contributed by atoms with Gasteiger partial charge in [-0.15, -0.1) is 5.10 Å². The average molecular weight is 273 g/mol. The highest BCUT2D eigenvalue weighted by Gasteiger charge is 2.25. The summed E-state index contributed by atoms with van der Waals surface area (Å²) in [4.78, 5) is 0. The van der Waals surface area contributed by atoms with Crippen LogP contribution in [0.1, 0.15) is 52.2 Å². The van der Waals surface area contributed by atoms with E-state index in [-0.39, 0.29) is 6.23 Å². The minimum absolute atomic E-state index is 0.0227. The third-order valence-electron chi connectivity index (χ3n) is 4.07. The predicted molar refractivity (Wildman–Crippen MR) is 79.4 cm³/mol. The highest BCUT2D eigenvalue weighted by Crippen LogP contribution is 2.29. The maximum atomic E-state index is 6.37. The normalized spacial score (nSPS) is 18.8. The Morgan fingerprint density at radius 3 is 2.65 bits per heavy atom. The third-order valence-corrected chi connectivity index (χ3v) is 4.07. The highest BCUT2D eigenvalue weighted by atomic mass is 16.5. The molecule has 1 saturated carbocycles. The second kappa shape index (κ2) is 5.92. The number of nitrogens with zero attached hydrogens (tertiary/aromatic N) is 3. The van der Waals surface area contributed by atoms with Crippen LogP contribution in [0.2, 0.25) is 0 Å². The van der Waals surface area contributed by atoms with Gasteiger partial charge in [-0.2, -0.15) is 0 Å². The Kier molecular flexibility index (Phi) is 4.01. The molecule has 0 radical (unpaired) electrons. The molecule has 0 bridgehead atoms. The zero-order valence-corrected chi connectivity index (χ0v) is 12.3. The molecule has 4 heteroatoms. The fourth-order valence-electron chi connectivity index (χ4n) is 2.97. The molecule has 1 atom stereocenters. The molecule has 0 amide bonds. The number of fused-ring (bicyclic) bond motifs is 1. The van der Waals surface area contributed by atoms with Crippen LogP contribution in [0.4, 0.5) is 0 Å². The summed E-state index contributed by atoms with van der Waals surface area (Å²) in [7, 11) is 0. The lowest BCUT2D eigenvalue weighted by molar-refractivity contribution is -0.0955. The second-order valence-corrected chi connectivity index (χ2v) is 6.05. The van der Waals surface area contributed by atoms with Crippen molar-refractivity contribution in [1.29, 1.82) is 0 Å². The molecule has 0 aliphatic heterocycles. The number of hydrogen-bond acceptors (Lipinski definition) is 3. The number of ether oxygens (including phenoxy) is 1. The zero-order chi connectivity index (χ0) is 13.9. The monoisotopic (exact) mass is 273 g/mol. The number of hydrogen-bond donors (Lipinski definition) is 0. The Bertz CT molecular complexity index is 558. The topological polar surface area (TPSA) is 39.9 Å². The highest BCUT2D eigenvalue weighted by molar-refractivity contribution is 5.73. The van der Waals surface area contributed by atoms with Crippen LogP contribution in [-0.4, -0.2) is 21.1 Å². The first-order valence-corrected chi connectivity index (χ1v) is 7.71. The van der Waals surface area contributed by atoms with Crippen molar-refractivity contribution in [3.05, 3.63) is 24.3 Å². The van der Waals surface area contributed by atoms with Gasteiger partial charge in [0.05, 0.1) is 11.6 Å². The van der Waals surface area contributed by atoms with Crippen LogP contribution in [0.3, 0.4) is 0 Å². The van der Waals surface area contributed by atoms with Gasteiger partial charge >= 0.3 is 0 Å². The van der Waals surface area contributed by atoms with E-state index in [4.69, 9.17) is 4.74 Å². The Morgan fingerprint density at radius 1 is 1.15 bits per heavy atom. The van der Waals surface area contributed by atoms with Crippen LogP contribution in [0.15, 0.2) is 24.3 Å². The summed E-state index contributed by atoms with van der Waals surface area (Å²) in [5.41, 5.74) is 1.99. The van der Waals surface area contributed by atoms with Gasteiger partial charge in [0.1, 0.15) is 5.52 Å². The lowest BCUT2D eigenvalue weighted by Gasteiger charge is -2.29. The Labute approximate surface area is 120 Å². The molecule has 0 unspecified atom stereocenters. The molecule has 0 spiro atoms. The number of aromatic nitrogens is 3. The first-order chi connectivity index (χ1) is 9.75. The van der Waals surface area contributed by atoms with E-state index in [1.165, 1.54) is 32.1 Å². The van der Waals surface area contributed by atoms with Crippen molar-refractivity contribution in [2.24, 2.45) is 5.92 Å². The minimum atomic E-state index is -0.0227. The Morgan fingerprint density at radius 2 is 1.90 bits per heavy atom. The molecule has 108 valence electrons. The van der Waals surface area contributed by atoms with E-state index in [2.05, 4.69) is 30.2 Å². The Hall–Kier alpha value is -1.42. The van der Waals surface area contributed by atoms with Crippen molar-refractivity contribution >= 4 is 11.0 Å². The fraction of sp³-hybridized carbons (Fsp3) is 0.625. The van der Waals surface area contributed by atoms with Crippen molar-refractivity contribution in [2.75, 3.05) is 0 Å². The number of para-hydroxylation sites is 1. The molecule has 1 aliphatic carbocycles. The van der Waals surface area contributed by atoms with Crippen molar-refractivity contribution < 1.29 is 4.74 Å². The van der Waals surface area contributed by atoms with Gasteiger partial charge in [-0.1, -0.05) is 50.5 Å². The standard InChI is InChI=1S/C16H23N3O/c1-12(2)16(20-13-8-4-3-5-9-13)19-15-11-7-6-10-14(15)17-18-19/h6-7,10-13,16H,3-5,8-9H2,1-2H3/t16-/m1/s1. The summed E-state index contributed by atoms with van der Waals surface area (Å²) in [5, 5.41) is 8.57. The molecular formula is C16H23N3O. The molecule has 1 heterocycles. The fourth-order valence-corrected chi connectivity index (χ4v) is 2.97. The van der Waals surface area contributed by atoms with Gasteiger partial charge in [-0.05, 0) is 25.0 Å². The largest absolute Gasteiger partial charge is 0.353 e. The van der Waals surface area contributed by atoms with E-state index in [1.807, 2.05) is 22.9 Å². The van der Waals surface area contributed by atoms with E-state index in [0.29, 0.717) is 12.0 Å². The molecule has 0 saturated heterocycles. The van der Waals surface area contributed by atoms with Gasteiger partial charge in [-0.3, -0.25) is 0 Å². The summed E-state index contributed by atoms with van der Waals surface area (Å²) in [6.07, 6.45) is 6.62. The number of benzene rings is 1. The van der Waals surface area contributed by atoms with E-state index in [9.17, 15) is 0 Å². The first-order valence-electron chi connectivity index (χ1n) is 7.71. The molecule has 1 fully saturated rings. The molecule has 3 rings (SSSR count). The quantitative estimate of drug-likeness (QED) is 0.847. The molecular weight excluding hydrogens is 250 g/mol. The second-order valence-electron chi connectivity index (χ2n) is 6.05. The van der Waals surface area contributed by atoms with Crippen LogP contribution in [0.25, 0.3) is 11.0 Å². The van der Waals surface area contributed by atoms with Gasteiger partial charge in [0.25, 0.3) is 0 Å². The van der Waals surface area contributed by atoms with Crippen LogP contribution in [0, 0.1) is 5.92 Å². The summed E-state index contributed by atoms with van der Waals surface area (Å²) < 4.78 is 8.32. The van der Waals surface area contributed by atoms with Gasteiger partial charge in [0, 0.05) is 5.92 Å². The Balaban J connectivity index is 1.86. The van der Waals surface area contributed by atoms with Gasteiger partial charge < -0.3 is 4.74 Å². The average Bonchev–Trinajstić information content (AvgIpc) is 2.89. The van der Waals surface area contributed by atoms with Gasteiger partial charge in [0.2, 0.25) is 0 Å². The SMILES string of the molecule is CC(C)[C@@H](OC1CCCCC1)n1nnc2ccccc21. The molecule has 1 aromatic carbocycles. The van der Waals surface area contributed by atoms with Crippen LogP contribution >= 0.6 is 0 Å². The molecule has 1 aromatic heterocycles.